The normalized spacial score (nSPS) is 11.9. The first-order valence-corrected chi connectivity index (χ1v) is 7.08. The minimum atomic E-state index is -0.615. The summed E-state index contributed by atoms with van der Waals surface area (Å²) in [6.45, 7) is 1.90. The third-order valence-electron chi connectivity index (χ3n) is 2.87. The maximum Gasteiger partial charge on any atom is 0.304 e. The Kier molecular flexibility index (Phi) is 5.17. The summed E-state index contributed by atoms with van der Waals surface area (Å²) in [5.41, 5.74) is 5.28. The van der Waals surface area contributed by atoms with E-state index >= 15 is 0 Å². The van der Waals surface area contributed by atoms with Gasteiger partial charge in [-0.05, 0) is 25.3 Å². The average Bonchev–Trinajstić information content (AvgIpc) is 2.36. The van der Waals surface area contributed by atoms with Crippen molar-refractivity contribution in [1.82, 2.24) is 4.90 Å². The second-order valence-corrected chi connectivity index (χ2v) is 5.13. The molecule has 1 rings (SSSR count). The van der Waals surface area contributed by atoms with Crippen LogP contribution in [-0.2, 0) is 0 Å². The second kappa shape index (κ2) is 6.42. The van der Waals surface area contributed by atoms with Crippen molar-refractivity contribution in [2.75, 3.05) is 24.8 Å². The number of rotatable bonds is 5. The van der Waals surface area contributed by atoms with Crippen molar-refractivity contribution in [3.63, 3.8) is 0 Å². The van der Waals surface area contributed by atoms with Gasteiger partial charge in [-0.25, -0.2) is 0 Å². The number of carbonyl (C=O) groups is 1. The summed E-state index contributed by atoms with van der Waals surface area (Å²) >= 11 is 1.61. The first-order valence-electron chi connectivity index (χ1n) is 5.69. The molecule has 0 saturated carbocycles. The molecule has 7 heteroatoms. The van der Waals surface area contributed by atoms with Crippen molar-refractivity contribution in [2.24, 2.45) is 0 Å². The van der Waals surface area contributed by atoms with Crippen molar-refractivity contribution in [1.29, 1.82) is 0 Å². The van der Waals surface area contributed by atoms with Crippen LogP contribution in [0.5, 0.6) is 0 Å². The van der Waals surface area contributed by atoms with Crippen molar-refractivity contribution in [3.8, 4) is 0 Å². The fourth-order valence-electron chi connectivity index (χ4n) is 1.68. The van der Waals surface area contributed by atoms with E-state index in [0.717, 1.165) is 5.75 Å². The van der Waals surface area contributed by atoms with Crippen LogP contribution in [0.15, 0.2) is 18.2 Å². The van der Waals surface area contributed by atoms with E-state index in [1.807, 2.05) is 13.2 Å². The number of hydrogen-bond acceptors (Lipinski definition) is 5. The van der Waals surface area contributed by atoms with Crippen LogP contribution in [-0.4, -0.2) is 40.8 Å². The topological polar surface area (TPSA) is 89.5 Å². The maximum absolute atomic E-state index is 12.3. The van der Waals surface area contributed by atoms with Gasteiger partial charge in [0.25, 0.3) is 5.91 Å². The lowest BCUT2D eigenvalue weighted by molar-refractivity contribution is -0.384. The number of nitrogens with zero attached hydrogens (tertiary/aromatic N) is 2. The lowest BCUT2D eigenvalue weighted by Gasteiger charge is -2.24. The van der Waals surface area contributed by atoms with Crippen molar-refractivity contribution in [2.45, 2.75) is 13.0 Å². The van der Waals surface area contributed by atoms with Crippen LogP contribution in [0, 0.1) is 10.1 Å². The molecule has 0 aromatic heterocycles. The average molecular weight is 283 g/mol. The van der Waals surface area contributed by atoms with Crippen LogP contribution in [0.25, 0.3) is 0 Å². The fraction of sp³-hybridized carbons (Fsp3) is 0.417. The van der Waals surface area contributed by atoms with Gasteiger partial charge in [0.1, 0.15) is 11.3 Å². The Morgan fingerprint density at radius 3 is 2.74 bits per heavy atom. The molecule has 1 aromatic rings. The van der Waals surface area contributed by atoms with Gasteiger partial charge in [-0.15, -0.1) is 0 Å². The van der Waals surface area contributed by atoms with Gasteiger partial charge >= 0.3 is 5.69 Å². The SMILES string of the molecule is CSCC(C)N(C)C(=O)c1cccc(N)c1[N+](=O)[O-]. The molecule has 1 atom stereocenters. The number of nitro groups is 1. The molecule has 0 fully saturated rings. The van der Waals surface area contributed by atoms with Crippen LogP contribution in [0.3, 0.4) is 0 Å². The lowest BCUT2D eigenvalue weighted by Crippen LogP contribution is -2.37. The second-order valence-electron chi connectivity index (χ2n) is 4.22. The molecule has 0 saturated heterocycles. The van der Waals surface area contributed by atoms with Gasteiger partial charge < -0.3 is 10.6 Å². The molecular weight excluding hydrogens is 266 g/mol. The van der Waals surface area contributed by atoms with Gasteiger partial charge in [-0.2, -0.15) is 11.8 Å². The molecule has 19 heavy (non-hydrogen) atoms. The summed E-state index contributed by atoms with van der Waals surface area (Å²) in [4.78, 5) is 24.2. The highest BCUT2D eigenvalue weighted by atomic mass is 32.2. The molecule has 1 amide bonds. The molecule has 0 aliphatic rings. The molecule has 0 aliphatic carbocycles. The highest BCUT2D eigenvalue weighted by molar-refractivity contribution is 7.98. The third-order valence-corrected chi connectivity index (χ3v) is 3.69. The van der Waals surface area contributed by atoms with Gasteiger partial charge in [0.2, 0.25) is 0 Å². The Bertz CT molecular complexity index is 493. The number of nitro benzene ring substituents is 1. The predicted octanol–water partition coefficient (Wildman–Crippen LogP) is 2.00. The van der Waals surface area contributed by atoms with Crippen LogP contribution in [0.2, 0.25) is 0 Å². The number of para-hydroxylation sites is 1. The van der Waals surface area contributed by atoms with E-state index < -0.39 is 4.92 Å². The zero-order chi connectivity index (χ0) is 14.6. The molecule has 2 N–H and O–H groups in total. The number of hydrogen-bond donors (Lipinski definition) is 1. The Balaban J connectivity index is 3.13. The Morgan fingerprint density at radius 2 is 2.21 bits per heavy atom. The first kappa shape index (κ1) is 15.3. The number of anilines is 1. The molecule has 1 aromatic carbocycles. The Hall–Kier alpha value is -1.76. The smallest absolute Gasteiger partial charge is 0.304 e. The standard InChI is InChI=1S/C12H17N3O3S/c1-8(7-19-3)14(2)12(16)9-5-4-6-10(13)11(9)15(17)18/h4-6,8H,7,13H2,1-3H3. The summed E-state index contributed by atoms with van der Waals surface area (Å²) in [5, 5.41) is 11.0. The Labute approximate surface area is 116 Å². The molecule has 0 aliphatic heterocycles. The highest BCUT2D eigenvalue weighted by Gasteiger charge is 2.27. The minimum absolute atomic E-state index is 0.00164. The van der Waals surface area contributed by atoms with Crippen molar-refractivity contribution >= 4 is 29.0 Å². The first-order chi connectivity index (χ1) is 8.90. The molecule has 6 nitrogen and oxygen atoms in total. The highest BCUT2D eigenvalue weighted by Crippen LogP contribution is 2.27. The third kappa shape index (κ3) is 3.37. The van der Waals surface area contributed by atoms with E-state index in [9.17, 15) is 14.9 Å². The number of nitrogen functional groups attached to an aromatic ring is 1. The summed E-state index contributed by atoms with van der Waals surface area (Å²) in [7, 11) is 1.64. The van der Waals surface area contributed by atoms with E-state index in [1.165, 1.54) is 17.0 Å². The Morgan fingerprint density at radius 1 is 1.58 bits per heavy atom. The molecule has 1 unspecified atom stereocenters. The number of nitrogens with two attached hydrogens (primary N) is 1. The minimum Gasteiger partial charge on any atom is -0.393 e. The van der Waals surface area contributed by atoms with Crippen LogP contribution in [0.1, 0.15) is 17.3 Å². The van der Waals surface area contributed by atoms with E-state index in [2.05, 4.69) is 0 Å². The van der Waals surface area contributed by atoms with E-state index in [1.54, 1.807) is 24.9 Å². The zero-order valence-corrected chi connectivity index (χ0v) is 11.9. The van der Waals surface area contributed by atoms with Gasteiger partial charge in [0.15, 0.2) is 0 Å². The van der Waals surface area contributed by atoms with Gasteiger partial charge in [-0.1, -0.05) is 6.07 Å². The van der Waals surface area contributed by atoms with Crippen molar-refractivity contribution in [3.05, 3.63) is 33.9 Å². The van der Waals surface area contributed by atoms with Crippen molar-refractivity contribution < 1.29 is 9.72 Å². The summed E-state index contributed by atoms with van der Waals surface area (Å²) < 4.78 is 0. The summed E-state index contributed by atoms with van der Waals surface area (Å²) in [5.74, 6) is 0.374. The monoisotopic (exact) mass is 283 g/mol. The molecule has 0 heterocycles. The number of amides is 1. The number of carbonyl (C=O) groups excluding carboxylic acids is 1. The maximum atomic E-state index is 12.3. The predicted molar refractivity (Wildman–Crippen MR) is 77.4 cm³/mol. The lowest BCUT2D eigenvalue weighted by atomic mass is 10.1. The number of benzene rings is 1. The van der Waals surface area contributed by atoms with E-state index in [-0.39, 0.29) is 28.9 Å². The van der Waals surface area contributed by atoms with Crippen LogP contribution in [0.4, 0.5) is 11.4 Å². The molecule has 0 radical (unpaired) electrons. The van der Waals surface area contributed by atoms with Crippen LogP contribution < -0.4 is 5.73 Å². The van der Waals surface area contributed by atoms with E-state index in [4.69, 9.17) is 5.73 Å². The molecular formula is C12H17N3O3S. The quantitative estimate of drug-likeness (QED) is 0.507. The molecule has 104 valence electrons. The van der Waals surface area contributed by atoms with Crippen LogP contribution >= 0.6 is 11.8 Å². The molecule has 0 bridgehead atoms. The summed E-state index contributed by atoms with van der Waals surface area (Å²) in [6, 6.07) is 4.38. The fourth-order valence-corrected chi connectivity index (χ4v) is 2.39. The van der Waals surface area contributed by atoms with E-state index in [0.29, 0.717) is 0 Å². The number of thioether (sulfide) groups is 1. The van der Waals surface area contributed by atoms with Gasteiger partial charge in [-0.3, -0.25) is 14.9 Å². The van der Waals surface area contributed by atoms with Gasteiger partial charge in [0.05, 0.1) is 4.92 Å². The van der Waals surface area contributed by atoms with Gasteiger partial charge in [0, 0.05) is 18.8 Å². The molecule has 0 spiro atoms. The summed E-state index contributed by atoms with van der Waals surface area (Å²) in [6.07, 6.45) is 1.94. The zero-order valence-electron chi connectivity index (χ0n) is 11.1. The largest absolute Gasteiger partial charge is 0.393 e.